The summed E-state index contributed by atoms with van der Waals surface area (Å²) >= 11 is 0. The van der Waals surface area contributed by atoms with Gasteiger partial charge in [0.05, 0.1) is 0 Å². The van der Waals surface area contributed by atoms with Crippen molar-refractivity contribution in [2.75, 3.05) is 0 Å². The van der Waals surface area contributed by atoms with Gasteiger partial charge in [0, 0.05) is 0 Å². The molecule has 108 valence electrons. The molecule has 0 spiro atoms. The minimum absolute atomic E-state index is 0.511. The summed E-state index contributed by atoms with van der Waals surface area (Å²) in [4.78, 5) is 11.6. The van der Waals surface area contributed by atoms with Crippen molar-refractivity contribution in [2.24, 2.45) is 0 Å². The van der Waals surface area contributed by atoms with Crippen molar-refractivity contribution >= 4 is 5.78 Å². The third kappa shape index (κ3) is 4.37. The smallest absolute Gasteiger partial charge is 0.279 e. The summed E-state index contributed by atoms with van der Waals surface area (Å²) in [6.07, 6.45) is 8.55. The molecule has 0 atom stereocenters. The minimum Gasteiger partial charge on any atom is -0.378 e. The topological polar surface area (TPSA) is 57.5 Å². The molecule has 0 saturated heterocycles. The standard InChI is InChI=1S/C17H22O3/c18-15(7-13-16(19)9-3-1-4-10-16)8-14-17(20)11-5-2-6-12-17/h19-20H,1-6,9-12H2. The summed E-state index contributed by atoms with van der Waals surface area (Å²) in [6.45, 7) is 0. The molecule has 0 aromatic carbocycles. The highest BCUT2D eigenvalue weighted by Gasteiger charge is 2.27. The van der Waals surface area contributed by atoms with Crippen LogP contribution < -0.4 is 0 Å². The zero-order chi connectivity index (χ0) is 14.5. The van der Waals surface area contributed by atoms with Crippen LogP contribution in [0.1, 0.15) is 64.2 Å². The summed E-state index contributed by atoms with van der Waals surface area (Å²) in [5.74, 6) is 9.68. The molecule has 3 heteroatoms. The van der Waals surface area contributed by atoms with Gasteiger partial charge in [-0.1, -0.05) is 24.7 Å². The first-order valence-electron chi connectivity index (χ1n) is 7.57. The number of ketones is 1. The Morgan fingerprint density at radius 2 is 1.05 bits per heavy atom. The van der Waals surface area contributed by atoms with Crippen LogP contribution in [0.5, 0.6) is 0 Å². The Balaban J connectivity index is 1.96. The lowest BCUT2D eigenvalue weighted by atomic mass is 9.85. The average molecular weight is 274 g/mol. The van der Waals surface area contributed by atoms with Crippen molar-refractivity contribution in [3.05, 3.63) is 0 Å². The summed E-state index contributed by atoms with van der Waals surface area (Å²) in [5, 5.41) is 20.3. The highest BCUT2D eigenvalue weighted by Crippen LogP contribution is 2.28. The summed E-state index contributed by atoms with van der Waals surface area (Å²) in [5.41, 5.74) is -2.03. The molecular weight excluding hydrogens is 252 g/mol. The van der Waals surface area contributed by atoms with Gasteiger partial charge < -0.3 is 10.2 Å². The van der Waals surface area contributed by atoms with E-state index in [0.717, 1.165) is 38.5 Å². The second-order valence-electron chi connectivity index (χ2n) is 6.01. The number of carbonyl (C=O) groups is 1. The molecule has 2 aliphatic rings. The molecule has 2 saturated carbocycles. The number of Topliss-reactive ketones (excluding diaryl/α,β-unsaturated/α-hetero) is 1. The number of hydrogen-bond acceptors (Lipinski definition) is 3. The van der Waals surface area contributed by atoms with Gasteiger partial charge in [0.25, 0.3) is 5.78 Å². The first kappa shape index (κ1) is 15.1. The normalized spacial score (nSPS) is 23.7. The third-order valence-corrected chi connectivity index (χ3v) is 4.18. The molecule has 0 aromatic heterocycles. The van der Waals surface area contributed by atoms with E-state index in [1.54, 1.807) is 0 Å². The lowest BCUT2D eigenvalue weighted by molar-refractivity contribution is -0.109. The number of rotatable bonds is 0. The second-order valence-corrected chi connectivity index (χ2v) is 6.01. The van der Waals surface area contributed by atoms with Crippen LogP contribution in [-0.2, 0) is 4.79 Å². The molecule has 2 fully saturated rings. The van der Waals surface area contributed by atoms with E-state index in [2.05, 4.69) is 23.7 Å². The maximum atomic E-state index is 11.6. The monoisotopic (exact) mass is 274 g/mol. The zero-order valence-electron chi connectivity index (χ0n) is 11.9. The van der Waals surface area contributed by atoms with Crippen LogP contribution in [0.15, 0.2) is 0 Å². The molecule has 0 radical (unpaired) electrons. The van der Waals surface area contributed by atoms with Crippen LogP contribution in [0.3, 0.4) is 0 Å². The Hall–Kier alpha value is -1.29. The fraction of sp³-hybridized carbons (Fsp3) is 0.706. The van der Waals surface area contributed by atoms with E-state index in [-0.39, 0.29) is 0 Å². The van der Waals surface area contributed by atoms with Gasteiger partial charge in [-0.25, -0.2) is 0 Å². The molecule has 0 aromatic rings. The predicted octanol–water partition coefficient (Wildman–Crippen LogP) is 1.95. The molecule has 0 aliphatic heterocycles. The van der Waals surface area contributed by atoms with Gasteiger partial charge in [0.1, 0.15) is 11.2 Å². The van der Waals surface area contributed by atoms with Crippen LogP contribution in [0.25, 0.3) is 0 Å². The van der Waals surface area contributed by atoms with Gasteiger partial charge in [-0.05, 0) is 63.2 Å². The molecule has 2 N–H and O–H groups in total. The zero-order valence-corrected chi connectivity index (χ0v) is 11.9. The number of aliphatic hydroxyl groups is 2. The molecule has 3 nitrogen and oxygen atoms in total. The SMILES string of the molecule is O=C(C#CC1(O)CCCCC1)C#CC1(O)CCCCC1. The Labute approximate surface area is 120 Å². The molecular formula is C17H22O3. The first-order chi connectivity index (χ1) is 9.52. The van der Waals surface area contributed by atoms with E-state index < -0.39 is 17.0 Å². The summed E-state index contributed by atoms with van der Waals surface area (Å²) in [7, 11) is 0. The van der Waals surface area contributed by atoms with Gasteiger partial charge >= 0.3 is 0 Å². The van der Waals surface area contributed by atoms with E-state index in [1.807, 2.05) is 0 Å². The molecule has 0 unspecified atom stereocenters. The molecule has 0 amide bonds. The number of hydrogen-bond donors (Lipinski definition) is 2. The van der Waals surface area contributed by atoms with Crippen molar-refractivity contribution in [1.82, 2.24) is 0 Å². The molecule has 0 heterocycles. The molecule has 2 rings (SSSR count). The lowest BCUT2D eigenvalue weighted by Gasteiger charge is -2.26. The molecule has 20 heavy (non-hydrogen) atoms. The Morgan fingerprint density at radius 3 is 1.40 bits per heavy atom. The Morgan fingerprint density at radius 1 is 0.700 bits per heavy atom. The number of carbonyl (C=O) groups excluding carboxylic acids is 1. The van der Waals surface area contributed by atoms with Gasteiger partial charge in [0.2, 0.25) is 0 Å². The Bertz CT molecular complexity index is 428. The van der Waals surface area contributed by atoms with Crippen molar-refractivity contribution in [3.8, 4) is 23.7 Å². The largest absolute Gasteiger partial charge is 0.378 e. The van der Waals surface area contributed by atoms with Crippen molar-refractivity contribution in [3.63, 3.8) is 0 Å². The average Bonchev–Trinajstić information content (AvgIpc) is 2.45. The summed E-state index contributed by atoms with van der Waals surface area (Å²) < 4.78 is 0. The highest BCUT2D eigenvalue weighted by atomic mass is 16.3. The lowest BCUT2D eigenvalue weighted by Crippen LogP contribution is -2.29. The van der Waals surface area contributed by atoms with Gasteiger partial charge in [0.15, 0.2) is 0 Å². The molecule has 2 aliphatic carbocycles. The quantitative estimate of drug-likeness (QED) is 0.524. The van der Waals surface area contributed by atoms with Crippen molar-refractivity contribution < 1.29 is 15.0 Å². The maximum Gasteiger partial charge on any atom is 0.279 e. The van der Waals surface area contributed by atoms with Crippen LogP contribution >= 0.6 is 0 Å². The van der Waals surface area contributed by atoms with Crippen LogP contribution in [0.2, 0.25) is 0 Å². The summed E-state index contributed by atoms with van der Waals surface area (Å²) in [6, 6.07) is 0. The fourth-order valence-electron chi connectivity index (χ4n) is 2.90. The van der Waals surface area contributed by atoms with Crippen molar-refractivity contribution in [1.29, 1.82) is 0 Å². The predicted molar refractivity (Wildman–Crippen MR) is 76.6 cm³/mol. The van der Waals surface area contributed by atoms with Crippen LogP contribution in [-0.4, -0.2) is 27.2 Å². The third-order valence-electron chi connectivity index (χ3n) is 4.18. The van der Waals surface area contributed by atoms with E-state index in [4.69, 9.17) is 0 Å². The Kier molecular flexibility index (Phi) is 4.86. The van der Waals surface area contributed by atoms with E-state index in [1.165, 1.54) is 0 Å². The van der Waals surface area contributed by atoms with Crippen LogP contribution in [0.4, 0.5) is 0 Å². The molecule has 0 bridgehead atoms. The minimum atomic E-state index is -1.02. The van der Waals surface area contributed by atoms with Gasteiger partial charge in [-0.3, -0.25) is 4.79 Å². The van der Waals surface area contributed by atoms with Gasteiger partial charge in [-0.2, -0.15) is 0 Å². The first-order valence-corrected chi connectivity index (χ1v) is 7.57. The second kappa shape index (κ2) is 6.44. The highest BCUT2D eigenvalue weighted by molar-refractivity contribution is 6.09. The van der Waals surface area contributed by atoms with Crippen LogP contribution in [0, 0.1) is 23.7 Å². The van der Waals surface area contributed by atoms with E-state index in [0.29, 0.717) is 25.7 Å². The van der Waals surface area contributed by atoms with E-state index >= 15 is 0 Å². The fourth-order valence-corrected chi connectivity index (χ4v) is 2.90. The van der Waals surface area contributed by atoms with Crippen molar-refractivity contribution in [2.45, 2.75) is 75.4 Å². The van der Waals surface area contributed by atoms with E-state index in [9.17, 15) is 15.0 Å². The van der Waals surface area contributed by atoms with Gasteiger partial charge in [-0.15, -0.1) is 0 Å². The maximum absolute atomic E-state index is 11.6.